The van der Waals surface area contributed by atoms with Crippen LogP contribution in [0, 0.1) is 5.92 Å². The molecule has 1 saturated heterocycles. The smallest absolute Gasteiger partial charge is 0.0637 e. The molecule has 0 bridgehead atoms. The molecule has 0 amide bonds. The number of pyridine rings is 1. The van der Waals surface area contributed by atoms with Gasteiger partial charge in [-0.15, -0.1) is 0 Å². The van der Waals surface area contributed by atoms with E-state index in [-0.39, 0.29) is 18.7 Å². The van der Waals surface area contributed by atoms with Gasteiger partial charge in [0.15, 0.2) is 0 Å². The van der Waals surface area contributed by atoms with Crippen LogP contribution in [-0.4, -0.2) is 29.3 Å². The maximum Gasteiger partial charge on any atom is 0.0637 e. The summed E-state index contributed by atoms with van der Waals surface area (Å²) in [4.78, 5) is 6.69. The second-order valence-corrected chi connectivity index (χ2v) is 5.17. The van der Waals surface area contributed by atoms with E-state index in [0.717, 1.165) is 30.8 Å². The van der Waals surface area contributed by atoms with Crippen molar-refractivity contribution in [1.82, 2.24) is 4.98 Å². The monoisotopic (exact) mass is 249 g/mol. The maximum atomic E-state index is 9.47. The summed E-state index contributed by atoms with van der Waals surface area (Å²) in [7, 11) is 0. The number of aliphatic hydroxyl groups is 1. The van der Waals surface area contributed by atoms with E-state index in [0.29, 0.717) is 5.92 Å². The Morgan fingerprint density at radius 3 is 2.89 bits per heavy atom. The highest BCUT2D eigenvalue weighted by molar-refractivity contribution is 5.47. The van der Waals surface area contributed by atoms with Crippen LogP contribution in [0.2, 0.25) is 0 Å². The predicted octanol–water partition coefficient (Wildman–Crippen LogP) is 1.70. The Bertz CT molecular complexity index is 379. The molecule has 0 radical (unpaired) electrons. The number of nitrogens with zero attached hydrogens (tertiary/aromatic N) is 2. The Labute approximate surface area is 109 Å². The van der Waals surface area contributed by atoms with Gasteiger partial charge in [-0.25, -0.2) is 0 Å². The summed E-state index contributed by atoms with van der Waals surface area (Å²) in [5.41, 5.74) is 7.98. The highest BCUT2D eigenvalue weighted by Gasteiger charge is 2.30. The lowest BCUT2D eigenvalue weighted by Crippen LogP contribution is -2.35. The van der Waals surface area contributed by atoms with Crippen LogP contribution in [0.15, 0.2) is 18.3 Å². The predicted molar refractivity (Wildman–Crippen MR) is 73.5 cm³/mol. The zero-order valence-electron chi connectivity index (χ0n) is 11.2. The molecule has 4 heteroatoms. The number of nitrogens with two attached hydrogens (primary N) is 1. The number of hydrogen-bond acceptors (Lipinski definition) is 4. The molecule has 100 valence electrons. The molecule has 0 saturated carbocycles. The normalized spacial score (nSPS) is 25.4. The van der Waals surface area contributed by atoms with Gasteiger partial charge in [0, 0.05) is 12.6 Å². The minimum Gasteiger partial charge on any atom is -0.394 e. The van der Waals surface area contributed by atoms with Gasteiger partial charge in [0.25, 0.3) is 0 Å². The number of anilines is 1. The van der Waals surface area contributed by atoms with E-state index in [1.165, 1.54) is 0 Å². The van der Waals surface area contributed by atoms with Crippen molar-refractivity contribution < 1.29 is 5.11 Å². The molecule has 2 unspecified atom stereocenters. The SMILES string of the molecule is CC[C@H](N)c1ccc(N2CCC(C)C2CO)cn1. The highest BCUT2D eigenvalue weighted by Crippen LogP contribution is 2.29. The molecule has 18 heavy (non-hydrogen) atoms. The Morgan fingerprint density at radius 1 is 1.56 bits per heavy atom. The lowest BCUT2D eigenvalue weighted by Gasteiger charge is -2.27. The largest absolute Gasteiger partial charge is 0.394 e. The first-order chi connectivity index (χ1) is 8.67. The van der Waals surface area contributed by atoms with Crippen molar-refractivity contribution in [2.24, 2.45) is 11.7 Å². The van der Waals surface area contributed by atoms with Crippen LogP contribution in [0.4, 0.5) is 5.69 Å². The summed E-state index contributed by atoms with van der Waals surface area (Å²) in [5, 5.41) is 9.47. The van der Waals surface area contributed by atoms with Crippen LogP contribution < -0.4 is 10.6 Å². The van der Waals surface area contributed by atoms with Crippen molar-refractivity contribution in [1.29, 1.82) is 0 Å². The summed E-state index contributed by atoms with van der Waals surface area (Å²) in [6, 6.07) is 4.31. The van der Waals surface area contributed by atoms with Crippen molar-refractivity contribution in [3.05, 3.63) is 24.0 Å². The summed E-state index contributed by atoms with van der Waals surface area (Å²) < 4.78 is 0. The van der Waals surface area contributed by atoms with Gasteiger partial charge in [-0.2, -0.15) is 0 Å². The third-order valence-electron chi connectivity index (χ3n) is 3.99. The van der Waals surface area contributed by atoms with E-state index in [2.05, 4.69) is 29.8 Å². The first-order valence-electron chi connectivity index (χ1n) is 6.76. The van der Waals surface area contributed by atoms with Gasteiger partial charge in [0.1, 0.15) is 0 Å². The van der Waals surface area contributed by atoms with Crippen molar-refractivity contribution in [3.63, 3.8) is 0 Å². The third kappa shape index (κ3) is 2.49. The lowest BCUT2D eigenvalue weighted by molar-refractivity contribution is 0.244. The van der Waals surface area contributed by atoms with Gasteiger partial charge in [-0.05, 0) is 30.9 Å². The van der Waals surface area contributed by atoms with Crippen molar-refractivity contribution in [3.8, 4) is 0 Å². The molecule has 3 N–H and O–H groups in total. The summed E-state index contributed by atoms with van der Waals surface area (Å²) in [5.74, 6) is 0.535. The first-order valence-corrected chi connectivity index (χ1v) is 6.76. The topological polar surface area (TPSA) is 62.4 Å². The number of hydrogen-bond donors (Lipinski definition) is 2. The van der Waals surface area contributed by atoms with Crippen LogP contribution in [-0.2, 0) is 0 Å². The highest BCUT2D eigenvalue weighted by atomic mass is 16.3. The molecule has 0 aromatic carbocycles. The molecule has 2 heterocycles. The fraction of sp³-hybridized carbons (Fsp3) is 0.643. The third-order valence-corrected chi connectivity index (χ3v) is 3.99. The Balaban J connectivity index is 2.14. The fourth-order valence-electron chi connectivity index (χ4n) is 2.60. The van der Waals surface area contributed by atoms with Crippen LogP contribution >= 0.6 is 0 Å². The molecule has 1 fully saturated rings. The van der Waals surface area contributed by atoms with Gasteiger partial charge in [-0.3, -0.25) is 4.98 Å². The molecule has 3 atom stereocenters. The number of rotatable bonds is 4. The van der Waals surface area contributed by atoms with E-state index < -0.39 is 0 Å². The summed E-state index contributed by atoms with van der Waals surface area (Å²) in [6.45, 7) is 5.45. The van der Waals surface area contributed by atoms with Crippen molar-refractivity contribution >= 4 is 5.69 Å². The molecule has 1 aliphatic heterocycles. The molecule has 4 nitrogen and oxygen atoms in total. The zero-order chi connectivity index (χ0) is 13.1. The van der Waals surface area contributed by atoms with Gasteiger partial charge >= 0.3 is 0 Å². The summed E-state index contributed by atoms with van der Waals surface area (Å²) >= 11 is 0. The molecular formula is C14H23N3O. The lowest BCUT2D eigenvalue weighted by atomic mass is 10.0. The Hall–Kier alpha value is -1.13. The second kappa shape index (κ2) is 5.67. The van der Waals surface area contributed by atoms with E-state index in [1.54, 1.807) is 0 Å². The minimum absolute atomic E-state index is 0.0187. The average molecular weight is 249 g/mol. The fourth-order valence-corrected chi connectivity index (χ4v) is 2.60. The first kappa shape index (κ1) is 13.3. The molecular weight excluding hydrogens is 226 g/mol. The molecule has 1 aliphatic rings. The van der Waals surface area contributed by atoms with Crippen molar-refractivity contribution in [2.45, 2.75) is 38.8 Å². The molecule has 0 spiro atoms. The molecule has 0 aliphatic carbocycles. The second-order valence-electron chi connectivity index (χ2n) is 5.17. The van der Waals surface area contributed by atoms with Crippen molar-refractivity contribution in [2.75, 3.05) is 18.1 Å². The van der Waals surface area contributed by atoms with Gasteiger partial charge in [0.05, 0.1) is 30.2 Å². The van der Waals surface area contributed by atoms with Crippen LogP contribution in [0.3, 0.4) is 0 Å². The van der Waals surface area contributed by atoms with Gasteiger partial charge < -0.3 is 15.7 Å². The molecule has 1 aromatic rings. The van der Waals surface area contributed by atoms with E-state index in [1.807, 2.05) is 12.3 Å². The quantitative estimate of drug-likeness (QED) is 0.852. The number of aliphatic hydroxyl groups excluding tert-OH is 1. The molecule has 2 rings (SSSR count). The minimum atomic E-state index is 0.0187. The average Bonchev–Trinajstić information content (AvgIpc) is 2.79. The molecule has 1 aromatic heterocycles. The number of aromatic nitrogens is 1. The van der Waals surface area contributed by atoms with E-state index in [9.17, 15) is 5.11 Å². The maximum absolute atomic E-state index is 9.47. The Morgan fingerprint density at radius 2 is 2.33 bits per heavy atom. The van der Waals surface area contributed by atoms with Gasteiger partial charge in [0.2, 0.25) is 0 Å². The van der Waals surface area contributed by atoms with Crippen LogP contribution in [0.25, 0.3) is 0 Å². The van der Waals surface area contributed by atoms with Crippen LogP contribution in [0.1, 0.15) is 38.4 Å². The standard InChI is InChI=1S/C14H23N3O/c1-3-12(15)13-5-4-11(8-16-13)17-7-6-10(2)14(17)9-18/h4-5,8,10,12,14,18H,3,6-7,9,15H2,1-2H3/t10?,12-,14?/m0/s1. The Kier molecular flexibility index (Phi) is 4.19. The summed E-state index contributed by atoms with van der Waals surface area (Å²) in [6.07, 6.45) is 3.90. The van der Waals surface area contributed by atoms with E-state index in [4.69, 9.17) is 5.73 Å². The van der Waals surface area contributed by atoms with E-state index >= 15 is 0 Å². The van der Waals surface area contributed by atoms with Crippen LogP contribution in [0.5, 0.6) is 0 Å². The zero-order valence-corrected chi connectivity index (χ0v) is 11.2. The van der Waals surface area contributed by atoms with Gasteiger partial charge in [-0.1, -0.05) is 13.8 Å².